The Morgan fingerprint density at radius 3 is 2.22 bits per heavy atom. The van der Waals surface area contributed by atoms with Gasteiger partial charge in [-0.15, -0.1) is 11.6 Å². The van der Waals surface area contributed by atoms with Crippen LogP contribution in [0.5, 0.6) is 0 Å². The lowest BCUT2D eigenvalue weighted by atomic mass is 10.1. The first-order valence-corrected chi connectivity index (χ1v) is 7.64. The van der Waals surface area contributed by atoms with E-state index in [-0.39, 0.29) is 0 Å². The number of hydrogen-bond acceptors (Lipinski definition) is 0. The van der Waals surface area contributed by atoms with Gasteiger partial charge in [-0.2, -0.15) is 0 Å². The van der Waals surface area contributed by atoms with Gasteiger partial charge in [-0.25, -0.2) is 0 Å². The van der Waals surface area contributed by atoms with Gasteiger partial charge in [0.1, 0.15) is 9.52 Å². The third kappa shape index (κ3) is 2.85. The van der Waals surface area contributed by atoms with Crippen molar-refractivity contribution in [2.75, 3.05) is 0 Å². The third-order valence-electron chi connectivity index (χ3n) is 3.37. The van der Waals surface area contributed by atoms with Crippen LogP contribution in [0.1, 0.15) is 22.3 Å². The van der Waals surface area contributed by atoms with E-state index in [1.165, 1.54) is 32.6 Å². The highest BCUT2D eigenvalue weighted by molar-refractivity contribution is 6.68. The lowest BCUT2D eigenvalue weighted by molar-refractivity contribution is 1.28. The van der Waals surface area contributed by atoms with Crippen LogP contribution in [0.3, 0.4) is 0 Å². The topological polar surface area (TPSA) is 0 Å². The SMILES string of the molecule is Cc1cc([Si]c2ccccc2CCl)cc(C)c1C. The highest BCUT2D eigenvalue weighted by Gasteiger charge is 2.06. The summed E-state index contributed by atoms with van der Waals surface area (Å²) in [6.07, 6.45) is 0. The number of halogens is 1. The van der Waals surface area contributed by atoms with Crippen molar-refractivity contribution < 1.29 is 0 Å². The van der Waals surface area contributed by atoms with E-state index < -0.39 is 0 Å². The molecule has 0 aromatic heterocycles. The second-order valence-corrected chi connectivity index (χ2v) is 6.28. The van der Waals surface area contributed by atoms with Gasteiger partial charge in [0.15, 0.2) is 0 Å². The summed E-state index contributed by atoms with van der Waals surface area (Å²) in [5.74, 6) is 0.590. The molecule has 0 saturated heterocycles. The molecule has 0 spiro atoms. The van der Waals surface area contributed by atoms with Crippen molar-refractivity contribution in [2.45, 2.75) is 26.7 Å². The Hall–Kier alpha value is -1.05. The Balaban J connectivity index is 2.34. The van der Waals surface area contributed by atoms with Crippen molar-refractivity contribution in [3.8, 4) is 0 Å². The van der Waals surface area contributed by atoms with Gasteiger partial charge in [-0.3, -0.25) is 0 Å². The van der Waals surface area contributed by atoms with Crippen molar-refractivity contribution in [2.24, 2.45) is 0 Å². The van der Waals surface area contributed by atoms with Crippen LogP contribution < -0.4 is 10.4 Å². The van der Waals surface area contributed by atoms with E-state index in [4.69, 9.17) is 11.6 Å². The minimum Gasteiger partial charge on any atom is -0.122 e. The average molecular weight is 273 g/mol. The fourth-order valence-corrected chi connectivity index (χ4v) is 3.77. The van der Waals surface area contributed by atoms with E-state index in [9.17, 15) is 0 Å². The van der Waals surface area contributed by atoms with Gasteiger partial charge < -0.3 is 0 Å². The van der Waals surface area contributed by atoms with Crippen molar-refractivity contribution in [3.05, 3.63) is 58.7 Å². The molecule has 0 atom stereocenters. The zero-order valence-corrected chi connectivity index (χ0v) is 12.8. The first kappa shape index (κ1) is 13.4. The molecule has 0 aliphatic carbocycles. The summed E-state index contributed by atoms with van der Waals surface area (Å²) in [6.45, 7) is 6.55. The molecule has 18 heavy (non-hydrogen) atoms. The zero-order chi connectivity index (χ0) is 13.1. The summed E-state index contributed by atoms with van der Waals surface area (Å²) in [5, 5.41) is 2.75. The second kappa shape index (κ2) is 5.72. The molecule has 0 saturated carbocycles. The average Bonchev–Trinajstić information content (AvgIpc) is 2.36. The zero-order valence-electron chi connectivity index (χ0n) is 11.0. The minimum absolute atomic E-state index is 0.590. The van der Waals surface area contributed by atoms with Crippen molar-refractivity contribution in [1.29, 1.82) is 0 Å². The van der Waals surface area contributed by atoms with Crippen molar-refractivity contribution >= 4 is 31.5 Å². The molecule has 2 radical (unpaired) electrons. The first-order valence-electron chi connectivity index (χ1n) is 6.10. The molecule has 0 heterocycles. The number of alkyl halides is 1. The standard InChI is InChI=1S/C16H17ClSi/c1-11-8-15(9-12(2)13(11)3)18-16-7-5-4-6-14(16)10-17/h4-9H,10H2,1-3H3. The number of rotatable bonds is 3. The minimum atomic E-state index is 0.590. The maximum absolute atomic E-state index is 5.99. The molecule has 0 aliphatic heterocycles. The fraction of sp³-hybridized carbons (Fsp3) is 0.250. The molecule has 0 N–H and O–H groups in total. The molecular weight excluding hydrogens is 256 g/mol. The van der Waals surface area contributed by atoms with E-state index in [2.05, 4.69) is 57.2 Å². The van der Waals surface area contributed by atoms with E-state index in [1.54, 1.807) is 0 Å². The largest absolute Gasteiger partial charge is 0.122 e. The summed E-state index contributed by atoms with van der Waals surface area (Å²) in [5.41, 5.74) is 5.39. The van der Waals surface area contributed by atoms with Crippen LogP contribution >= 0.6 is 11.6 Å². The molecule has 0 fully saturated rings. The maximum atomic E-state index is 5.99. The van der Waals surface area contributed by atoms with Gasteiger partial charge in [0.05, 0.1) is 0 Å². The Bertz CT molecular complexity index is 538. The molecule has 0 aliphatic rings. The Morgan fingerprint density at radius 2 is 1.61 bits per heavy atom. The highest BCUT2D eigenvalue weighted by atomic mass is 35.5. The van der Waals surface area contributed by atoms with Crippen LogP contribution in [0.25, 0.3) is 0 Å². The third-order valence-corrected chi connectivity index (χ3v) is 4.99. The fourth-order valence-electron chi connectivity index (χ4n) is 2.02. The Labute approximate surface area is 117 Å². The molecule has 0 unspecified atom stereocenters. The van der Waals surface area contributed by atoms with Crippen LogP contribution in [0.2, 0.25) is 0 Å². The molecule has 0 amide bonds. The Kier molecular flexibility index (Phi) is 4.26. The second-order valence-electron chi connectivity index (χ2n) is 4.65. The molecule has 2 aromatic carbocycles. The maximum Gasteiger partial charge on any atom is 0.121 e. The van der Waals surface area contributed by atoms with Crippen molar-refractivity contribution in [1.82, 2.24) is 0 Å². The number of hydrogen-bond donors (Lipinski definition) is 0. The van der Waals surface area contributed by atoms with E-state index >= 15 is 0 Å². The van der Waals surface area contributed by atoms with Gasteiger partial charge in [0.25, 0.3) is 0 Å². The lowest BCUT2D eigenvalue weighted by Gasteiger charge is -2.10. The quantitative estimate of drug-likeness (QED) is 0.595. The molecule has 2 rings (SSSR count). The molecule has 0 nitrogen and oxygen atoms in total. The molecule has 2 heteroatoms. The summed E-state index contributed by atoms with van der Waals surface area (Å²) in [4.78, 5) is 0. The predicted octanol–water partition coefficient (Wildman–Crippen LogP) is 3.01. The van der Waals surface area contributed by atoms with Crippen LogP contribution in [-0.2, 0) is 5.88 Å². The van der Waals surface area contributed by atoms with E-state index in [1.807, 2.05) is 0 Å². The molecule has 2 aromatic rings. The van der Waals surface area contributed by atoms with Crippen LogP contribution in [0, 0.1) is 20.8 Å². The lowest BCUT2D eigenvalue weighted by Crippen LogP contribution is -2.30. The van der Waals surface area contributed by atoms with Crippen LogP contribution in [0.15, 0.2) is 36.4 Å². The first-order chi connectivity index (χ1) is 8.61. The monoisotopic (exact) mass is 272 g/mol. The molecule has 92 valence electrons. The summed E-state index contributed by atoms with van der Waals surface area (Å²) < 4.78 is 0. The van der Waals surface area contributed by atoms with Gasteiger partial charge in [-0.05, 0) is 43.0 Å². The van der Waals surface area contributed by atoms with Gasteiger partial charge in [-0.1, -0.05) is 46.8 Å². The Morgan fingerprint density at radius 1 is 1.00 bits per heavy atom. The number of aryl methyl sites for hydroxylation is 2. The molecular formula is C16H17ClSi. The highest BCUT2D eigenvalue weighted by Crippen LogP contribution is 2.09. The normalized spacial score (nSPS) is 10.7. The van der Waals surface area contributed by atoms with E-state index in [0.717, 1.165) is 0 Å². The van der Waals surface area contributed by atoms with Gasteiger partial charge in [0, 0.05) is 5.88 Å². The van der Waals surface area contributed by atoms with Gasteiger partial charge >= 0.3 is 0 Å². The molecule has 0 bridgehead atoms. The van der Waals surface area contributed by atoms with E-state index in [0.29, 0.717) is 15.4 Å². The van der Waals surface area contributed by atoms with Crippen LogP contribution in [0.4, 0.5) is 0 Å². The smallest absolute Gasteiger partial charge is 0.121 e. The van der Waals surface area contributed by atoms with Crippen LogP contribution in [-0.4, -0.2) is 9.52 Å². The summed E-state index contributed by atoms with van der Waals surface area (Å²) in [6, 6.07) is 13.0. The van der Waals surface area contributed by atoms with Gasteiger partial charge in [0.2, 0.25) is 0 Å². The number of benzene rings is 2. The summed E-state index contributed by atoms with van der Waals surface area (Å²) >= 11 is 5.99. The van der Waals surface area contributed by atoms with Crippen molar-refractivity contribution in [3.63, 3.8) is 0 Å². The summed E-state index contributed by atoms with van der Waals surface area (Å²) in [7, 11) is 0.687. The predicted molar refractivity (Wildman–Crippen MR) is 81.7 cm³/mol.